The van der Waals surface area contributed by atoms with Crippen LogP contribution in [0.25, 0.3) is 0 Å². The van der Waals surface area contributed by atoms with Gasteiger partial charge < -0.3 is 10.1 Å². The molecule has 0 spiro atoms. The maximum absolute atomic E-state index is 12.6. The topological polar surface area (TPSA) is 53.9 Å². The lowest BCUT2D eigenvalue weighted by Gasteiger charge is -2.18. The molecule has 3 aromatic carbocycles. The maximum Gasteiger partial charge on any atom is 0.259 e. The summed E-state index contributed by atoms with van der Waals surface area (Å²) in [4.78, 5) is 12.6. The number of methoxy groups -OCH3 is 1. The Morgan fingerprint density at radius 2 is 1.83 bits per heavy atom. The quantitative estimate of drug-likeness (QED) is 0.603. The zero-order valence-corrected chi connectivity index (χ0v) is 17.6. The molecule has 1 unspecified atom stereocenters. The van der Waals surface area contributed by atoms with Crippen LogP contribution in [-0.2, 0) is 0 Å². The van der Waals surface area contributed by atoms with Gasteiger partial charge in [0, 0.05) is 24.2 Å². The van der Waals surface area contributed by atoms with Crippen molar-refractivity contribution in [2.24, 2.45) is 5.10 Å². The van der Waals surface area contributed by atoms with E-state index in [9.17, 15) is 4.79 Å². The highest BCUT2D eigenvalue weighted by atomic mass is 35.5. The van der Waals surface area contributed by atoms with E-state index >= 15 is 0 Å². The van der Waals surface area contributed by atoms with E-state index in [2.05, 4.69) is 17.4 Å². The summed E-state index contributed by atoms with van der Waals surface area (Å²) in [7, 11) is 3.52. The average molecular weight is 420 g/mol. The molecule has 0 saturated carbocycles. The highest BCUT2D eigenvalue weighted by molar-refractivity contribution is 6.31. The molecule has 5 nitrogen and oxygen atoms in total. The Balaban J connectivity index is 1.47. The van der Waals surface area contributed by atoms with Crippen molar-refractivity contribution in [2.75, 3.05) is 19.5 Å². The minimum absolute atomic E-state index is 0.232. The first-order valence-corrected chi connectivity index (χ1v) is 10.0. The van der Waals surface area contributed by atoms with Crippen LogP contribution in [0.2, 0.25) is 5.02 Å². The smallest absolute Gasteiger partial charge is 0.259 e. The Hall–Kier alpha value is -3.31. The van der Waals surface area contributed by atoms with Gasteiger partial charge in [0.05, 0.1) is 24.4 Å². The minimum Gasteiger partial charge on any atom is -0.496 e. The van der Waals surface area contributed by atoms with Crippen LogP contribution in [0, 0.1) is 0 Å². The fourth-order valence-corrected chi connectivity index (χ4v) is 3.77. The van der Waals surface area contributed by atoms with E-state index in [-0.39, 0.29) is 11.9 Å². The van der Waals surface area contributed by atoms with Gasteiger partial charge in [-0.05, 0) is 41.5 Å². The number of hydrogen-bond acceptors (Lipinski definition) is 4. The van der Waals surface area contributed by atoms with Gasteiger partial charge in [0.25, 0.3) is 5.91 Å². The Morgan fingerprint density at radius 3 is 2.53 bits per heavy atom. The van der Waals surface area contributed by atoms with Gasteiger partial charge in [-0.3, -0.25) is 9.80 Å². The molecule has 6 heteroatoms. The Labute approximate surface area is 180 Å². The Kier molecular flexibility index (Phi) is 5.72. The number of amides is 1. The number of nitrogens with zero attached hydrogens (tertiary/aromatic N) is 2. The van der Waals surface area contributed by atoms with E-state index in [0.717, 1.165) is 17.7 Å². The fourth-order valence-electron chi connectivity index (χ4n) is 3.60. The predicted molar refractivity (Wildman–Crippen MR) is 120 cm³/mol. The van der Waals surface area contributed by atoms with Crippen molar-refractivity contribution < 1.29 is 9.53 Å². The third kappa shape index (κ3) is 4.16. The number of anilines is 1. The molecule has 1 heterocycles. The first kappa shape index (κ1) is 20.0. The fraction of sp³-hybridized carbons (Fsp3) is 0.167. The lowest BCUT2D eigenvalue weighted by molar-refractivity contribution is 0.102. The van der Waals surface area contributed by atoms with E-state index in [4.69, 9.17) is 21.4 Å². The van der Waals surface area contributed by atoms with Crippen molar-refractivity contribution in [3.63, 3.8) is 0 Å². The first-order chi connectivity index (χ1) is 14.5. The van der Waals surface area contributed by atoms with Gasteiger partial charge in [-0.25, -0.2) is 0 Å². The van der Waals surface area contributed by atoms with Crippen LogP contribution >= 0.6 is 11.6 Å². The van der Waals surface area contributed by atoms with E-state index < -0.39 is 0 Å². The van der Waals surface area contributed by atoms with Crippen LogP contribution in [0.4, 0.5) is 5.69 Å². The van der Waals surface area contributed by atoms with Crippen molar-refractivity contribution in [3.8, 4) is 5.75 Å². The summed E-state index contributed by atoms with van der Waals surface area (Å²) < 4.78 is 5.26. The van der Waals surface area contributed by atoms with Gasteiger partial charge in [-0.15, -0.1) is 0 Å². The minimum atomic E-state index is -0.274. The zero-order chi connectivity index (χ0) is 21.1. The maximum atomic E-state index is 12.6. The highest BCUT2D eigenvalue weighted by Gasteiger charge is 2.25. The third-order valence-electron chi connectivity index (χ3n) is 5.18. The molecule has 1 aliphatic heterocycles. The number of rotatable bonds is 5. The van der Waals surface area contributed by atoms with Crippen LogP contribution in [0.5, 0.6) is 5.75 Å². The molecule has 1 amide bonds. The largest absolute Gasteiger partial charge is 0.496 e. The number of carbonyl (C=O) groups is 1. The Morgan fingerprint density at radius 1 is 1.10 bits per heavy atom. The van der Waals surface area contributed by atoms with E-state index in [1.54, 1.807) is 18.2 Å². The number of nitrogens with one attached hydrogen (secondary N) is 1. The summed E-state index contributed by atoms with van der Waals surface area (Å²) in [5.74, 6) is 0.202. The van der Waals surface area contributed by atoms with Crippen molar-refractivity contribution in [2.45, 2.75) is 12.5 Å². The summed E-state index contributed by atoms with van der Waals surface area (Å²) in [6.45, 7) is 0. The van der Waals surface area contributed by atoms with E-state index in [0.29, 0.717) is 22.0 Å². The zero-order valence-electron chi connectivity index (χ0n) is 16.8. The summed E-state index contributed by atoms with van der Waals surface area (Å²) in [5.41, 5.74) is 4.40. The SMILES string of the molecule is COc1ccc(Cl)cc1C(=O)Nc1ccc(C2=NN(C)C(c3ccccc3)C2)cc1. The van der Waals surface area contributed by atoms with Crippen molar-refractivity contribution in [3.05, 3.63) is 94.5 Å². The Bertz CT molecular complexity index is 1080. The van der Waals surface area contributed by atoms with Crippen LogP contribution < -0.4 is 10.1 Å². The standard InChI is InChI=1S/C24H22ClN3O2/c1-28-22(17-6-4-3-5-7-17)15-21(27-28)16-8-11-19(12-9-16)26-24(29)20-14-18(25)10-13-23(20)30-2/h3-14,22H,15H2,1-2H3,(H,26,29). The average Bonchev–Trinajstić information content (AvgIpc) is 3.16. The summed E-state index contributed by atoms with van der Waals surface area (Å²) in [5, 5.41) is 10.1. The normalized spacial score (nSPS) is 15.6. The number of hydrogen-bond donors (Lipinski definition) is 1. The molecule has 1 N–H and O–H groups in total. The third-order valence-corrected chi connectivity index (χ3v) is 5.42. The molecule has 1 aliphatic rings. The molecule has 1 atom stereocenters. The molecule has 0 bridgehead atoms. The summed E-state index contributed by atoms with van der Waals surface area (Å²) in [6.07, 6.45) is 0.839. The molecule has 152 valence electrons. The molecule has 4 rings (SSSR count). The van der Waals surface area contributed by atoms with Crippen LogP contribution in [0.3, 0.4) is 0 Å². The molecule has 0 radical (unpaired) electrons. The van der Waals surface area contributed by atoms with Crippen molar-refractivity contribution in [1.29, 1.82) is 0 Å². The number of carbonyl (C=O) groups excluding carboxylic acids is 1. The van der Waals surface area contributed by atoms with Crippen LogP contribution in [0.15, 0.2) is 77.9 Å². The van der Waals surface area contributed by atoms with Gasteiger partial charge in [0.1, 0.15) is 5.75 Å². The lowest BCUT2D eigenvalue weighted by atomic mass is 9.98. The highest BCUT2D eigenvalue weighted by Crippen LogP contribution is 2.31. The second kappa shape index (κ2) is 8.59. The van der Waals surface area contributed by atoms with Crippen LogP contribution in [-0.4, -0.2) is 30.8 Å². The van der Waals surface area contributed by atoms with Crippen molar-refractivity contribution >= 4 is 28.9 Å². The van der Waals surface area contributed by atoms with Gasteiger partial charge in [-0.2, -0.15) is 5.10 Å². The molecule has 0 aliphatic carbocycles. The first-order valence-electron chi connectivity index (χ1n) is 9.66. The van der Waals surface area contributed by atoms with Gasteiger partial charge >= 0.3 is 0 Å². The molecule has 3 aromatic rings. The summed E-state index contributed by atoms with van der Waals surface area (Å²) in [6, 6.07) is 23.3. The van der Waals surface area contributed by atoms with Gasteiger partial charge in [0.2, 0.25) is 0 Å². The second-order valence-corrected chi connectivity index (χ2v) is 7.56. The molecule has 30 heavy (non-hydrogen) atoms. The number of halogens is 1. The molecule has 0 fully saturated rings. The monoisotopic (exact) mass is 419 g/mol. The summed E-state index contributed by atoms with van der Waals surface area (Å²) >= 11 is 6.03. The lowest BCUT2D eigenvalue weighted by Crippen LogP contribution is -2.13. The van der Waals surface area contributed by atoms with Crippen LogP contribution in [0.1, 0.15) is 33.9 Å². The predicted octanol–water partition coefficient (Wildman–Crippen LogP) is 5.38. The molecule has 0 aromatic heterocycles. The van der Waals surface area contributed by atoms with Crippen molar-refractivity contribution in [1.82, 2.24) is 5.01 Å². The number of ether oxygens (including phenoxy) is 1. The van der Waals surface area contributed by atoms with Gasteiger partial charge in [-0.1, -0.05) is 54.1 Å². The number of hydrazone groups is 1. The van der Waals surface area contributed by atoms with Gasteiger partial charge in [0.15, 0.2) is 0 Å². The molecular formula is C24H22ClN3O2. The number of benzene rings is 3. The molecule has 0 saturated heterocycles. The van der Waals surface area contributed by atoms with E-state index in [1.165, 1.54) is 12.7 Å². The second-order valence-electron chi connectivity index (χ2n) is 7.13. The molecular weight excluding hydrogens is 398 g/mol. The van der Waals surface area contributed by atoms with E-state index in [1.807, 2.05) is 54.5 Å².